The summed E-state index contributed by atoms with van der Waals surface area (Å²) in [7, 11) is -3.47. The van der Waals surface area contributed by atoms with Crippen molar-refractivity contribution in [1.29, 1.82) is 0 Å². The Labute approximate surface area is 102 Å². The maximum Gasteiger partial charge on any atom is 0.243 e. The summed E-state index contributed by atoms with van der Waals surface area (Å²) in [6.45, 7) is 7.22. The predicted molar refractivity (Wildman–Crippen MR) is 65.9 cm³/mol. The van der Waals surface area contributed by atoms with Gasteiger partial charge < -0.3 is 5.73 Å². The zero-order chi connectivity index (χ0) is 13.1. The first-order valence-corrected chi connectivity index (χ1v) is 6.95. The lowest BCUT2D eigenvalue weighted by molar-refractivity contribution is 0.407. The summed E-state index contributed by atoms with van der Waals surface area (Å²) in [5.74, 6) is 0. The summed E-state index contributed by atoms with van der Waals surface area (Å²) >= 11 is 0. The maximum absolute atomic E-state index is 11.9. The van der Waals surface area contributed by atoms with Crippen molar-refractivity contribution >= 4 is 10.0 Å². The van der Waals surface area contributed by atoms with Gasteiger partial charge in [0.15, 0.2) is 0 Å². The van der Waals surface area contributed by atoms with Gasteiger partial charge in [-0.15, -0.1) is 0 Å². The van der Waals surface area contributed by atoms with E-state index in [1.807, 2.05) is 20.8 Å². The monoisotopic (exact) mass is 260 g/mol. The quantitative estimate of drug-likeness (QED) is 0.789. The summed E-state index contributed by atoms with van der Waals surface area (Å²) in [4.78, 5) is 0.176. The number of nitrogens with zero attached hydrogens (tertiary/aromatic N) is 2. The fourth-order valence-corrected chi connectivity index (χ4v) is 2.37. The maximum atomic E-state index is 11.9. The molecule has 3 N–H and O–H groups in total. The number of nitrogens with one attached hydrogen (secondary N) is 1. The van der Waals surface area contributed by atoms with Crippen molar-refractivity contribution in [3.8, 4) is 0 Å². The molecule has 17 heavy (non-hydrogen) atoms. The van der Waals surface area contributed by atoms with Gasteiger partial charge in [0.05, 0.1) is 12.7 Å². The van der Waals surface area contributed by atoms with Crippen LogP contribution in [-0.2, 0) is 16.6 Å². The van der Waals surface area contributed by atoms with Crippen LogP contribution in [0.3, 0.4) is 0 Å². The topological polar surface area (TPSA) is 90.0 Å². The van der Waals surface area contributed by atoms with Gasteiger partial charge in [-0.25, -0.2) is 13.1 Å². The van der Waals surface area contributed by atoms with E-state index in [4.69, 9.17) is 5.73 Å². The predicted octanol–water partition coefficient (Wildman–Crippen LogP) is 0.166. The number of aromatic nitrogens is 2. The van der Waals surface area contributed by atoms with Crippen molar-refractivity contribution in [2.75, 3.05) is 13.1 Å². The Balaban J connectivity index is 2.75. The first-order chi connectivity index (χ1) is 7.74. The van der Waals surface area contributed by atoms with Gasteiger partial charge in [-0.2, -0.15) is 5.10 Å². The van der Waals surface area contributed by atoms with E-state index in [-0.39, 0.29) is 10.3 Å². The second-order valence-corrected chi connectivity index (χ2v) is 6.88. The zero-order valence-corrected chi connectivity index (χ0v) is 11.3. The third kappa shape index (κ3) is 4.45. The van der Waals surface area contributed by atoms with Gasteiger partial charge in [0.1, 0.15) is 4.90 Å². The molecule has 1 heterocycles. The molecule has 0 unspecified atom stereocenters. The normalized spacial score (nSPS) is 12.9. The lowest BCUT2D eigenvalue weighted by atomic mass is 9.98. The third-order valence-corrected chi connectivity index (χ3v) is 3.43. The Hall–Kier alpha value is -0.920. The van der Waals surface area contributed by atoms with Gasteiger partial charge >= 0.3 is 0 Å². The second-order valence-electron chi connectivity index (χ2n) is 5.11. The number of hydrogen-bond acceptors (Lipinski definition) is 4. The number of sulfonamides is 1. The highest BCUT2D eigenvalue weighted by molar-refractivity contribution is 7.89. The van der Waals surface area contributed by atoms with Gasteiger partial charge in [0.2, 0.25) is 10.0 Å². The van der Waals surface area contributed by atoms with Crippen LogP contribution in [0, 0.1) is 5.41 Å². The Morgan fingerprint density at radius 2 is 2.12 bits per heavy atom. The molecule has 0 atom stereocenters. The van der Waals surface area contributed by atoms with Gasteiger partial charge in [0.25, 0.3) is 0 Å². The molecule has 1 aromatic heterocycles. The molecule has 98 valence electrons. The number of nitrogens with two attached hydrogens (primary N) is 1. The van der Waals surface area contributed by atoms with Crippen LogP contribution < -0.4 is 10.5 Å². The summed E-state index contributed by atoms with van der Waals surface area (Å²) in [5.41, 5.74) is 5.27. The second kappa shape index (κ2) is 5.16. The zero-order valence-electron chi connectivity index (χ0n) is 10.5. The van der Waals surface area contributed by atoms with Gasteiger partial charge in [-0.05, 0) is 5.41 Å². The molecule has 7 heteroatoms. The Morgan fingerprint density at radius 3 is 2.65 bits per heavy atom. The summed E-state index contributed by atoms with van der Waals surface area (Å²) < 4.78 is 27.9. The fraction of sp³-hybridized carbons (Fsp3) is 0.700. The highest BCUT2D eigenvalue weighted by atomic mass is 32.2. The Bertz CT molecular complexity index is 459. The molecule has 0 spiro atoms. The minimum absolute atomic E-state index is 0.0969. The first-order valence-electron chi connectivity index (χ1n) is 5.47. The summed E-state index contributed by atoms with van der Waals surface area (Å²) in [5, 5.41) is 3.93. The average molecular weight is 260 g/mol. The highest BCUT2D eigenvalue weighted by Gasteiger charge is 2.19. The van der Waals surface area contributed by atoms with Gasteiger partial charge in [0, 0.05) is 19.3 Å². The van der Waals surface area contributed by atoms with Crippen molar-refractivity contribution < 1.29 is 8.42 Å². The molecule has 6 nitrogen and oxygen atoms in total. The van der Waals surface area contributed by atoms with Crippen LogP contribution in [0.15, 0.2) is 17.3 Å². The molecule has 0 aliphatic heterocycles. The molecule has 1 rings (SSSR count). The molecule has 0 aliphatic rings. The van der Waals surface area contributed by atoms with Crippen molar-refractivity contribution in [3.05, 3.63) is 12.4 Å². The SMILES string of the molecule is CC(C)(C)CNS(=O)(=O)c1cnn(CCN)c1. The van der Waals surface area contributed by atoms with Crippen LogP contribution in [-0.4, -0.2) is 31.3 Å². The summed E-state index contributed by atoms with van der Waals surface area (Å²) in [6.07, 6.45) is 2.82. The fourth-order valence-electron chi connectivity index (χ4n) is 1.13. The Morgan fingerprint density at radius 1 is 1.47 bits per heavy atom. The molecule has 0 aromatic carbocycles. The van der Waals surface area contributed by atoms with Crippen molar-refractivity contribution in [2.45, 2.75) is 32.2 Å². The van der Waals surface area contributed by atoms with E-state index in [0.717, 1.165) is 0 Å². The number of hydrogen-bond donors (Lipinski definition) is 2. The smallest absolute Gasteiger partial charge is 0.243 e. The third-order valence-electron chi connectivity index (χ3n) is 2.07. The molecule has 0 amide bonds. The van der Waals surface area contributed by atoms with E-state index in [2.05, 4.69) is 9.82 Å². The highest BCUT2D eigenvalue weighted by Crippen LogP contribution is 2.13. The molecule has 0 saturated heterocycles. The van der Waals surface area contributed by atoms with E-state index in [1.165, 1.54) is 17.1 Å². The van der Waals surface area contributed by atoms with Crippen LogP contribution in [0.2, 0.25) is 0 Å². The lowest BCUT2D eigenvalue weighted by Crippen LogP contribution is -2.32. The molecule has 0 saturated carbocycles. The molecule has 1 aromatic rings. The lowest BCUT2D eigenvalue weighted by Gasteiger charge is -2.18. The minimum Gasteiger partial charge on any atom is -0.329 e. The molecular weight excluding hydrogens is 240 g/mol. The van der Waals surface area contributed by atoms with E-state index < -0.39 is 10.0 Å². The average Bonchev–Trinajstić information content (AvgIpc) is 2.64. The van der Waals surface area contributed by atoms with Crippen LogP contribution >= 0.6 is 0 Å². The molecule has 0 aliphatic carbocycles. The van der Waals surface area contributed by atoms with Crippen LogP contribution in [0.5, 0.6) is 0 Å². The van der Waals surface area contributed by atoms with E-state index in [0.29, 0.717) is 19.6 Å². The molecule has 0 fully saturated rings. The minimum atomic E-state index is -3.47. The Kier molecular flexibility index (Phi) is 4.29. The molecule has 0 radical (unpaired) electrons. The van der Waals surface area contributed by atoms with E-state index in [1.54, 1.807) is 0 Å². The van der Waals surface area contributed by atoms with Crippen molar-refractivity contribution in [2.24, 2.45) is 11.1 Å². The summed E-state index contributed by atoms with van der Waals surface area (Å²) in [6, 6.07) is 0. The van der Waals surface area contributed by atoms with Crippen molar-refractivity contribution in [1.82, 2.24) is 14.5 Å². The molecule has 0 bridgehead atoms. The van der Waals surface area contributed by atoms with E-state index >= 15 is 0 Å². The van der Waals surface area contributed by atoms with Gasteiger partial charge in [-0.1, -0.05) is 20.8 Å². The van der Waals surface area contributed by atoms with Gasteiger partial charge in [-0.3, -0.25) is 4.68 Å². The van der Waals surface area contributed by atoms with E-state index in [9.17, 15) is 8.42 Å². The first kappa shape index (κ1) is 14.1. The van der Waals surface area contributed by atoms with Crippen molar-refractivity contribution in [3.63, 3.8) is 0 Å². The standard InChI is InChI=1S/C10H20N4O2S/c1-10(2,3)8-13-17(15,16)9-6-12-14(7-9)5-4-11/h6-7,13H,4-5,8,11H2,1-3H3. The van der Waals surface area contributed by atoms with Crippen LogP contribution in [0.4, 0.5) is 0 Å². The largest absolute Gasteiger partial charge is 0.329 e. The molecular formula is C10H20N4O2S. The van der Waals surface area contributed by atoms with Crippen LogP contribution in [0.1, 0.15) is 20.8 Å². The van der Waals surface area contributed by atoms with Crippen LogP contribution in [0.25, 0.3) is 0 Å². The number of rotatable bonds is 5.